The average molecular weight is 272 g/mol. The second kappa shape index (κ2) is 5.67. The van der Waals surface area contributed by atoms with Crippen LogP contribution in [0.5, 0.6) is 0 Å². The molecule has 0 saturated carbocycles. The zero-order chi connectivity index (χ0) is 13.9. The minimum Gasteiger partial charge on any atom is -0.451 e. The van der Waals surface area contributed by atoms with Gasteiger partial charge in [0.25, 0.3) is 5.91 Å². The minimum atomic E-state index is -0.132. The molecule has 1 aliphatic rings. The van der Waals surface area contributed by atoms with Crippen molar-refractivity contribution in [3.63, 3.8) is 0 Å². The van der Waals surface area contributed by atoms with E-state index in [1.165, 1.54) is 12.8 Å². The number of amides is 1. The molecule has 3 rings (SSSR count). The third-order valence-electron chi connectivity index (χ3n) is 3.97. The number of furan rings is 1. The van der Waals surface area contributed by atoms with E-state index in [-0.39, 0.29) is 5.91 Å². The summed E-state index contributed by atoms with van der Waals surface area (Å²) in [6, 6.07) is 9.84. The van der Waals surface area contributed by atoms with Gasteiger partial charge in [0.1, 0.15) is 5.58 Å². The molecule has 4 nitrogen and oxygen atoms in total. The Hall–Kier alpha value is -1.81. The summed E-state index contributed by atoms with van der Waals surface area (Å²) in [4.78, 5) is 14.5. The van der Waals surface area contributed by atoms with Crippen molar-refractivity contribution in [3.8, 4) is 0 Å². The van der Waals surface area contributed by atoms with Crippen LogP contribution in [0.1, 0.15) is 30.3 Å². The number of hydrogen-bond donors (Lipinski definition) is 1. The molecule has 1 atom stereocenters. The SMILES string of the molecule is CC(CNC(=O)c1cc2ccccc2o1)N1CCCC1. The lowest BCUT2D eigenvalue weighted by atomic mass is 10.2. The van der Waals surface area contributed by atoms with Gasteiger partial charge >= 0.3 is 0 Å². The second-order valence-corrected chi connectivity index (χ2v) is 5.45. The summed E-state index contributed by atoms with van der Waals surface area (Å²) in [7, 11) is 0. The Balaban J connectivity index is 1.61. The van der Waals surface area contributed by atoms with Crippen molar-refractivity contribution in [2.45, 2.75) is 25.8 Å². The fourth-order valence-electron chi connectivity index (χ4n) is 2.73. The molecular formula is C16H20N2O2. The third-order valence-corrected chi connectivity index (χ3v) is 3.97. The number of nitrogens with zero attached hydrogens (tertiary/aromatic N) is 1. The maximum atomic E-state index is 12.1. The van der Waals surface area contributed by atoms with Crippen molar-refractivity contribution in [3.05, 3.63) is 36.1 Å². The largest absolute Gasteiger partial charge is 0.451 e. The molecule has 2 aromatic rings. The first kappa shape index (κ1) is 13.2. The van der Waals surface area contributed by atoms with Gasteiger partial charge in [0, 0.05) is 18.0 Å². The Labute approximate surface area is 118 Å². The van der Waals surface area contributed by atoms with Crippen LogP contribution in [0, 0.1) is 0 Å². The molecule has 1 fully saturated rings. The molecule has 1 N–H and O–H groups in total. The van der Waals surface area contributed by atoms with E-state index in [0.29, 0.717) is 18.3 Å². The molecule has 0 bridgehead atoms. The van der Waals surface area contributed by atoms with Crippen molar-refractivity contribution in [2.24, 2.45) is 0 Å². The number of para-hydroxylation sites is 1. The van der Waals surface area contributed by atoms with Gasteiger partial charge in [0.15, 0.2) is 5.76 Å². The van der Waals surface area contributed by atoms with Gasteiger partial charge < -0.3 is 9.73 Å². The number of benzene rings is 1. The minimum absolute atomic E-state index is 0.132. The van der Waals surface area contributed by atoms with Gasteiger partial charge in [0.2, 0.25) is 0 Å². The van der Waals surface area contributed by atoms with Gasteiger partial charge in [-0.15, -0.1) is 0 Å². The van der Waals surface area contributed by atoms with Crippen LogP contribution in [-0.2, 0) is 0 Å². The van der Waals surface area contributed by atoms with Gasteiger partial charge in [-0.05, 0) is 45.0 Å². The Bertz CT molecular complexity index is 566. The van der Waals surface area contributed by atoms with Crippen LogP contribution in [0.3, 0.4) is 0 Å². The van der Waals surface area contributed by atoms with Gasteiger partial charge in [-0.2, -0.15) is 0 Å². The Morgan fingerprint density at radius 3 is 2.85 bits per heavy atom. The van der Waals surface area contributed by atoms with Crippen LogP contribution >= 0.6 is 0 Å². The molecule has 1 saturated heterocycles. The van der Waals surface area contributed by atoms with Crippen LogP contribution in [-0.4, -0.2) is 36.5 Å². The van der Waals surface area contributed by atoms with Crippen molar-refractivity contribution >= 4 is 16.9 Å². The first-order valence-electron chi connectivity index (χ1n) is 7.25. The quantitative estimate of drug-likeness (QED) is 0.930. The Morgan fingerprint density at radius 2 is 2.10 bits per heavy atom. The van der Waals surface area contributed by atoms with E-state index in [4.69, 9.17) is 4.42 Å². The molecule has 2 heterocycles. The third kappa shape index (κ3) is 2.70. The van der Waals surface area contributed by atoms with Crippen LogP contribution < -0.4 is 5.32 Å². The van der Waals surface area contributed by atoms with E-state index in [1.54, 1.807) is 6.07 Å². The topological polar surface area (TPSA) is 45.5 Å². The molecule has 4 heteroatoms. The molecule has 1 unspecified atom stereocenters. The number of rotatable bonds is 4. The molecule has 106 valence electrons. The number of carbonyl (C=O) groups excluding carboxylic acids is 1. The van der Waals surface area contributed by atoms with Gasteiger partial charge in [-0.1, -0.05) is 18.2 Å². The lowest BCUT2D eigenvalue weighted by Crippen LogP contribution is -2.40. The lowest BCUT2D eigenvalue weighted by Gasteiger charge is -2.23. The molecule has 1 aliphatic heterocycles. The standard InChI is InChI=1S/C16H20N2O2/c1-12(18-8-4-5-9-18)11-17-16(19)15-10-13-6-2-3-7-14(13)20-15/h2-3,6-7,10,12H,4-5,8-9,11H2,1H3,(H,17,19). The average Bonchev–Trinajstić information content (AvgIpc) is 3.12. The lowest BCUT2D eigenvalue weighted by molar-refractivity contribution is 0.0915. The summed E-state index contributed by atoms with van der Waals surface area (Å²) in [5.41, 5.74) is 0.755. The maximum Gasteiger partial charge on any atom is 0.287 e. The molecule has 20 heavy (non-hydrogen) atoms. The molecule has 1 aromatic carbocycles. The first-order valence-corrected chi connectivity index (χ1v) is 7.25. The van der Waals surface area contributed by atoms with E-state index in [1.807, 2.05) is 24.3 Å². The normalized spacial score (nSPS) is 17.4. The maximum absolute atomic E-state index is 12.1. The number of hydrogen-bond acceptors (Lipinski definition) is 3. The molecule has 0 aliphatic carbocycles. The van der Waals surface area contributed by atoms with Crippen LogP contribution in [0.4, 0.5) is 0 Å². The summed E-state index contributed by atoms with van der Waals surface area (Å²) in [6.45, 7) is 5.10. The highest BCUT2D eigenvalue weighted by atomic mass is 16.3. The fraction of sp³-hybridized carbons (Fsp3) is 0.438. The molecule has 1 amide bonds. The number of fused-ring (bicyclic) bond motifs is 1. The van der Waals surface area contributed by atoms with E-state index in [2.05, 4.69) is 17.1 Å². The fourth-order valence-corrected chi connectivity index (χ4v) is 2.73. The highest BCUT2D eigenvalue weighted by Crippen LogP contribution is 2.18. The van der Waals surface area contributed by atoms with Crippen LogP contribution in [0.15, 0.2) is 34.7 Å². The molecule has 0 radical (unpaired) electrons. The predicted octanol–water partition coefficient (Wildman–Crippen LogP) is 2.65. The highest BCUT2D eigenvalue weighted by Gasteiger charge is 2.19. The Kier molecular flexibility index (Phi) is 3.74. The van der Waals surface area contributed by atoms with Crippen LogP contribution in [0.2, 0.25) is 0 Å². The van der Waals surface area contributed by atoms with Gasteiger partial charge in [-0.3, -0.25) is 9.69 Å². The number of likely N-dealkylation sites (tertiary alicyclic amines) is 1. The number of nitrogens with one attached hydrogen (secondary N) is 1. The van der Waals surface area contributed by atoms with Gasteiger partial charge in [0.05, 0.1) is 0 Å². The molecule has 1 aromatic heterocycles. The molecular weight excluding hydrogens is 252 g/mol. The summed E-state index contributed by atoms with van der Waals surface area (Å²) < 4.78 is 5.56. The summed E-state index contributed by atoms with van der Waals surface area (Å²) in [6.07, 6.45) is 2.53. The van der Waals surface area contributed by atoms with Crippen molar-refractivity contribution in [2.75, 3.05) is 19.6 Å². The zero-order valence-electron chi connectivity index (χ0n) is 11.8. The highest BCUT2D eigenvalue weighted by molar-refractivity contribution is 5.96. The summed E-state index contributed by atoms with van der Waals surface area (Å²) in [5, 5.41) is 3.93. The first-order chi connectivity index (χ1) is 9.74. The van der Waals surface area contributed by atoms with E-state index >= 15 is 0 Å². The van der Waals surface area contributed by atoms with Crippen molar-refractivity contribution < 1.29 is 9.21 Å². The van der Waals surface area contributed by atoms with E-state index in [9.17, 15) is 4.79 Å². The van der Waals surface area contributed by atoms with E-state index < -0.39 is 0 Å². The van der Waals surface area contributed by atoms with Gasteiger partial charge in [-0.25, -0.2) is 0 Å². The zero-order valence-corrected chi connectivity index (χ0v) is 11.8. The monoisotopic (exact) mass is 272 g/mol. The Morgan fingerprint density at radius 1 is 1.35 bits per heavy atom. The smallest absolute Gasteiger partial charge is 0.287 e. The van der Waals surface area contributed by atoms with Crippen molar-refractivity contribution in [1.82, 2.24) is 10.2 Å². The summed E-state index contributed by atoms with van der Waals surface area (Å²) >= 11 is 0. The summed E-state index contributed by atoms with van der Waals surface area (Å²) in [5.74, 6) is 0.257. The predicted molar refractivity (Wildman–Crippen MR) is 78.8 cm³/mol. The van der Waals surface area contributed by atoms with Crippen LogP contribution in [0.25, 0.3) is 11.0 Å². The van der Waals surface area contributed by atoms with Crippen molar-refractivity contribution in [1.29, 1.82) is 0 Å². The second-order valence-electron chi connectivity index (χ2n) is 5.45. The molecule has 0 spiro atoms. The van der Waals surface area contributed by atoms with E-state index in [0.717, 1.165) is 24.1 Å². The number of carbonyl (C=O) groups is 1.